The zero-order chi connectivity index (χ0) is 12.0. The zero-order valence-electron chi connectivity index (χ0n) is 9.97. The molecule has 1 rings (SSSR count). The van der Waals surface area contributed by atoms with Gasteiger partial charge in [0.05, 0.1) is 13.0 Å². The molecule has 0 N–H and O–H groups in total. The van der Waals surface area contributed by atoms with Gasteiger partial charge in [0, 0.05) is 10.1 Å². The average molecular weight is 238 g/mol. The van der Waals surface area contributed by atoms with E-state index in [4.69, 9.17) is 4.74 Å². The van der Waals surface area contributed by atoms with Crippen molar-refractivity contribution in [1.29, 1.82) is 0 Å². The first-order valence-electron chi connectivity index (χ1n) is 5.48. The second kappa shape index (κ2) is 6.59. The third-order valence-electron chi connectivity index (χ3n) is 2.56. The molecule has 16 heavy (non-hydrogen) atoms. The monoisotopic (exact) mass is 238 g/mol. The van der Waals surface area contributed by atoms with Crippen LogP contribution in [0.1, 0.15) is 20.3 Å². The molecule has 1 aromatic carbocycles. The number of thioether (sulfide) groups is 1. The van der Waals surface area contributed by atoms with Crippen molar-refractivity contribution >= 4 is 17.7 Å². The fourth-order valence-corrected chi connectivity index (χ4v) is 2.70. The SMILES string of the molecule is CC[C@@H](Sc1ccccc1)[C@@H](C)C(=O)OC. The summed E-state index contributed by atoms with van der Waals surface area (Å²) in [5.41, 5.74) is 0. The van der Waals surface area contributed by atoms with Crippen LogP contribution in [0.25, 0.3) is 0 Å². The Bertz CT molecular complexity index is 324. The van der Waals surface area contributed by atoms with Gasteiger partial charge < -0.3 is 4.74 Å². The minimum atomic E-state index is -0.129. The summed E-state index contributed by atoms with van der Waals surface area (Å²) in [4.78, 5) is 12.7. The standard InChI is InChI=1S/C13H18O2S/c1-4-12(10(2)13(14)15-3)16-11-8-6-5-7-9-11/h5-10,12H,4H2,1-3H3/t10-,12-/m1/s1. The van der Waals surface area contributed by atoms with E-state index in [0.717, 1.165) is 6.42 Å². The Balaban J connectivity index is 2.65. The topological polar surface area (TPSA) is 26.3 Å². The molecule has 3 heteroatoms. The Morgan fingerprint density at radius 2 is 2.00 bits per heavy atom. The Morgan fingerprint density at radius 3 is 2.50 bits per heavy atom. The first-order valence-corrected chi connectivity index (χ1v) is 6.36. The molecule has 1 aromatic rings. The van der Waals surface area contributed by atoms with Crippen molar-refractivity contribution < 1.29 is 9.53 Å². The number of hydrogen-bond acceptors (Lipinski definition) is 3. The van der Waals surface area contributed by atoms with E-state index in [0.29, 0.717) is 0 Å². The molecular formula is C13H18O2S. The Labute approximate surface area is 101 Å². The molecule has 2 nitrogen and oxygen atoms in total. The predicted molar refractivity (Wildman–Crippen MR) is 67.6 cm³/mol. The maximum absolute atomic E-state index is 11.5. The van der Waals surface area contributed by atoms with Gasteiger partial charge in [-0.05, 0) is 18.6 Å². The number of carbonyl (C=O) groups is 1. The molecule has 0 saturated heterocycles. The molecule has 0 aliphatic heterocycles. The van der Waals surface area contributed by atoms with Crippen molar-refractivity contribution in [2.24, 2.45) is 5.92 Å². The summed E-state index contributed by atoms with van der Waals surface area (Å²) < 4.78 is 4.78. The maximum atomic E-state index is 11.5. The third-order valence-corrected chi connectivity index (χ3v) is 4.15. The lowest BCUT2D eigenvalue weighted by Crippen LogP contribution is -2.23. The maximum Gasteiger partial charge on any atom is 0.309 e. The van der Waals surface area contributed by atoms with Crippen molar-refractivity contribution in [3.8, 4) is 0 Å². The molecule has 0 aliphatic carbocycles. The molecule has 0 amide bonds. The zero-order valence-corrected chi connectivity index (χ0v) is 10.8. The first-order chi connectivity index (χ1) is 7.69. The fourth-order valence-electron chi connectivity index (χ4n) is 1.55. The number of carbonyl (C=O) groups excluding carboxylic acids is 1. The molecule has 0 aliphatic rings. The van der Waals surface area contributed by atoms with Crippen molar-refractivity contribution in [3.05, 3.63) is 30.3 Å². The Hall–Kier alpha value is -0.960. The normalized spacial score (nSPS) is 14.2. The van der Waals surface area contributed by atoms with Gasteiger partial charge in [0.1, 0.15) is 0 Å². The van der Waals surface area contributed by atoms with Gasteiger partial charge in [0.15, 0.2) is 0 Å². The van der Waals surface area contributed by atoms with Gasteiger partial charge in [-0.15, -0.1) is 11.8 Å². The van der Waals surface area contributed by atoms with Gasteiger partial charge in [-0.25, -0.2) is 0 Å². The van der Waals surface area contributed by atoms with Crippen LogP contribution in [0.5, 0.6) is 0 Å². The van der Waals surface area contributed by atoms with E-state index in [9.17, 15) is 4.79 Å². The second-order valence-electron chi connectivity index (χ2n) is 3.69. The van der Waals surface area contributed by atoms with Crippen LogP contribution < -0.4 is 0 Å². The number of methoxy groups -OCH3 is 1. The number of rotatable bonds is 5. The minimum Gasteiger partial charge on any atom is -0.469 e. The van der Waals surface area contributed by atoms with Gasteiger partial charge in [-0.1, -0.05) is 32.0 Å². The molecule has 0 saturated carbocycles. The predicted octanol–water partition coefficient (Wildman–Crippen LogP) is 3.37. The summed E-state index contributed by atoms with van der Waals surface area (Å²) >= 11 is 1.74. The lowest BCUT2D eigenvalue weighted by atomic mass is 10.1. The highest BCUT2D eigenvalue weighted by molar-refractivity contribution is 8.00. The summed E-state index contributed by atoms with van der Waals surface area (Å²) in [7, 11) is 1.44. The van der Waals surface area contributed by atoms with Crippen LogP contribution in [0.4, 0.5) is 0 Å². The molecule has 0 fully saturated rings. The highest BCUT2D eigenvalue weighted by atomic mass is 32.2. The Kier molecular flexibility index (Phi) is 5.39. The van der Waals surface area contributed by atoms with E-state index in [-0.39, 0.29) is 17.1 Å². The number of ether oxygens (including phenoxy) is 1. The molecule has 2 atom stereocenters. The van der Waals surface area contributed by atoms with Gasteiger partial charge in [0.2, 0.25) is 0 Å². The fraction of sp³-hybridized carbons (Fsp3) is 0.462. The molecule has 0 unspecified atom stereocenters. The molecule has 0 bridgehead atoms. The van der Waals surface area contributed by atoms with E-state index < -0.39 is 0 Å². The molecule has 0 aromatic heterocycles. The van der Waals surface area contributed by atoms with Crippen LogP contribution in [-0.2, 0) is 9.53 Å². The molecule has 0 spiro atoms. The van der Waals surface area contributed by atoms with Crippen LogP contribution in [0.3, 0.4) is 0 Å². The highest BCUT2D eigenvalue weighted by Crippen LogP contribution is 2.30. The first kappa shape index (κ1) is 13.1. The van der Waals surface area contributed by atoms with Crippen LogP contribution in [-0.4, -0.2) is 18.3 Å². The smallest absolute Gasteiger partial charge is 0.309 e. The van der Waals surface area contributed by atoms with Crippen molar-refractivity contribution in [2.75, 3.05) is 7.11 Å². The van der Waals surface area contributed by atoms with Gasteiger partial charge >= 0.3 is 5.97 Å². The quantitative estimate of drug-likeness (QED) is 0.581. The van der Waals surface area contributed by atoms with E-state index in [2.05, 4.69) is 19.1 Å². The minimum absolute atomic E-state index is 0.0693. The number of esters is 1. The summed E-state index contributed by atoms with van der Waals surface area (Å²) in [6, 6.07) is 10.2. The van der Waals surface area contributed by atoms with Crippen LogP contribution >= 0.6 is 11.8 Å². The summed E-state index contributed by atoms with van der Waals surface area (Å²) in [5, 5.41) is 0.273. The van der Waals surface area contributed by atoms with E-state index in [1.807, 2.05) is 25.1 Å². The summed E-state index contributed by atoms with van der Waals surface area (Å²) in [5.74, 6) is -0.199. The average Bonchev–Trinajstić information content (AvgIpc) is 2.35. The van der Waals surface area contributed by atoms with Crippen molar-refractivity contribution in [2.45, 2.75) is 30.4 Å². The Morgan fingerprint density at radius 1 is 1.38 bits per heavy atom. The third kappa shape index (κ3) is 3.56. The lowest BCUT2D eigenvalue weighted by Gasteiger charge is -2.19. The largest absolute Gasteiger partial charge is 0.469 e. The summed E-state index contributed by atoms with van der Waals surface area (Å²) in [6.45, 7) is 4.02. The highest BCUT2D eigenvalue weighted by Gasteiger charge is 2.23. The molecule has 0 radical (unpaired) electrons. The van der Waals surface area contributed by atoms with Gasteiger partial charge in [-0.2, -0.15) is 0 Å². The molecular weight excluding hydrogens is 220 g/mol. The van der Waals surface area contributed by atoms with Crippen LogP contribution in [0, 0.1) is 5.92 Å². The van der Waals surface area contributed by atoms with E-state index >= 15 is 0 Å². The van der Waals surface area contributed by atoms with Crippen LogP contribution in [0.15, 0.2) is 35.2 Å². The lowest BCUT2D eigenvalue weighted by molar-refractivity contribution is -0.144. The molecule has 88 valence electrons. The second-order valence-corrected chi connectivity index (χ2v) is 5.00. The number of benzene rings is 1. The van der Waals surface area contributed by atoms with E-state index in [1.54, 1.807) is 11.8 Å². The number of hydrogen-bond donors (Lipinski definition) is 0. The van der Waals surface area contributed by atoms with Gasteiger partial charge in [0.25, 0.3) is 0 Å². The van der Waals surface area contributed by atoms with E-state index in [1.165, 1.54) is 12.0 Å². The molecule has 0 heterocycles. The van der Waals surface area contributed by atoms with Crippen LogP contribution in [0.2, 0.25) is 0 Å². The van der Waals surface area contributed by atoms with Crippen molar-refractivity contribution in [3.63, 3.8) is 0 Å². The summed E-state index contributed by atoms with van der Waals surface area (Å²) in [6.07, 6.45) is 0.954. The van der Waals surface area contributed by atoms with Gasteiger partial charge in [-0.3, -0.25) is 4.79 Å². The van der Waals surface area contributed by atoms with Crippen molar-refractivity contribution in [1.82, 2.24) is 0 Å².